The first kappa shape index (κ1) is 18.3. The average molecular weight is 420 g/mol. The summed E-state index contributed by atoms with van der Waals surface area (Å²) in [5.74, 6) is 0.347. The lowest BCUT2D eigenvalue weighted by molar-refractivity contribution is -0.152. The maximum Gasteiger partial charge on any atom is 0.311 e. The number of hydrogen-bond acceptors (Lipinski definition) is 5. The van der Waals surface area contributed by atoms with E-state index in [1.54, 1.807) is 18.2 Å². The van der Waals surface area contributed by atoms with Crippen LogP contribution in [0.1, 0.15) is 12.5 Å². The molecule has 0 aromatic heterocycles. The number of esters is 1. The molecule has 136 valence electrons. The molecule has 6 nitrogen and oxygen atoms in total. The van der Waals surface area contributed by atoms with E-state index in [-0.39, 0.29) is 6.42 Å². The molecule has 0 saturated heterocycles. The summed E-state index contributed by atoms with van der Waals surface area (Å²) in [6.45, 7) is 2.51. The third-order valence-corrected chi connectivity index (χ3v) is 4.28. The van der Waals surface area contributed by atoms with E-state index in [9.17, 15) is 9.59 Å². The Morgan fingerprint density at radius 3 is 2.54 bits per heavy atom. The van der Waals surface area contributed by atoms with Crippen molar-refractivity contribution in [2.24, 2.45) is 0 Å². The van der Waals surface area contributed by atoms with Gasteiger partial charge in [0.2, 0.25) is 0 Å². The summed E-state index contributed by atoms with van der Waals surface area (Å²) in [6.07, 6.45) is -0.805. The van der Waals surface area contributed by atoms with Crippen LogP contribution in [0.2, 0.25) is 0 Å². The van der Waals surface area contributed by atoms with E-state index in [1.165, 1.54) is 6.92 Å². The molecule has 1 N–H and O–H groups in total. The molecule has 0 bridgehead atoms. The van der Waals surface area contributed by atoms with Crippen molar-refractivity contribution >= 4 is 33.5 Å². The molecule has 0 aliphatic carbocycles. The molecule has 7 heteroatoms. The molecule has 1 aliphatic rings. The SMILES string of the molecule is C[C@@H](OC(=O)Cc1ccc(Br)cc1)C(=O)Nc1ccc2c(c1)OCCO2. The molecule has 1 amide bonds. The number of hydrogen-bond donors (Lipinski definition) is 1. The molecular formula is C19H18BrNO5. The van der Waals surface area contributed by atoms with Crippen molar-refractivity contribution < 1.29 is 23.8 Å². The average Bonchev–Trinajstić information content (AvgIpc) is 2.63. The summed E-state index contributed by atoms with van der Waals surface area (Å²) in [6, 6.07) is 12.5. The normalized spacial score (nSPS) is 13.6. The molecule has 0 saturated carbocycles. The molecular weight excluding hydrogens is 402 g/mol. The van der Waals surface area contributed by atoms with Crippen molar-refractivity contribution in [2.75, 3.05) is 18.5 Å². The highest BCUT2D eigenvalue weighted by Crippen LogP contribution is 2.32. The second-order valence-electron chi connectivity index (χ2n) is 5.78. The number of rotatable bonds is 5. The summed E-state index contributed by atoms with van der Waals surface area (Å²) in [5.41, 5.74) is 1.37. The zero-order chi connectivity index (χ0) is 18.5. The number of anilines is 1. The zero-order valence-electron chi connectivity index (χ0n) is 14.2. The van der Waals surface area contributed by atoms with Crippen LogP contribution in [0.3, 0.4) is 0 Å². The van der Waals surface area contributed by atoms with Gasteiger partial charge in [-0.15, -0.1) is 0 Å². The molecule has 3 rings (SSSR count). The van der Waals surface area contributed by atoms with Gasteiger partial charge in [0.05, 0.1) is 6.42 Å². The molecule has 2 aromatic carbocycles. The Kier molecular flexibility index (Phi) is 5.78. The first-order chi connectivity index (χ1) is 12.5. The van der Waals surface area contributed by atoms with E-state index in [2.05, 4.69) is 21.2 Å². The molecule has 1 heterocycles. The molecule has 0 spiro atoms. The second-order valence-corrected chi connectivity index (χ2v) is 6.70. The van der Waals surface area contributed by atoms with Gasteiger partial charge in [-0.3, -0.25) is 9.59 Å². The van der Waals surface area contributed by atoms with Gasteiger partial charge in [0, 0.05) is 16.2 Å². The van der Waals surface area contributed by atoms with E-state index in [0.717, 1.165) is 10.0 Å². The molecule has 1 aliphatic heterocycles. The molecule has 0 unspecified atom stereocenters. The summed E-state index contributed by atoms with van der Waals surface area (Å²) >= 11 is 3.34. The van der Waals surface area contributed by atoms with Gasteiger partial charge in [-0.25, -0.2) is 0 Å². The number of carbonyl (C=O) groups is 2. The first-order valence-electron chi connectivity index (χ1n) is 8.16. The fourth-order valence-corrected chi connectivity index (χ4v) is 2.69. The Morgan fingerprint density at radius 1 is 1.12 bits per heavy atom. The van der Waals surface area contributed by atoms with Gasteiger partial charge in [0.25, 0.3) is 5.91 Å². The smallest absolute Gasteiger partial charge is 0.311 e. The van der Waals surface area contributed by atoms with Crippen LogP contribution < -0.4 is 14.8 Å². The Morgan fingerprint density at radius 2 is 1.81 bits per heavy atom. The third-order valence-electron chi connectivity index (χ3n) is 3.75. The third kappa shape index (κ3) is 4.76. The first-order valence-corrected chi connectivity index (χ1v) is 8.95. The van der Waals surface area contributed by atoms with Crippen LogP contribution in [0.15, 0.2) is 46.9 Å². The quantitative estimate of drug-likeness (QED) is 0.752. The minimum Gasteiger partial charge on any atom is -0.486 e. The van der Waals surface area contributed by atoms with Crippen LogP contribution in [0.25, 0.3) is 0 Å². The van der Waals surface area contributed by atoms with Gasteiger partial charge in [-0.2, -0.15) is 0 Å². The van der Waals surface area contributed by atoms with E-state index in [0.29, 0.717) is 30.4 Å². The van der Waals surface area contributed by atoms with Gasteiger partial charge < -0.3 is 19.5 Å². The van der Waals surface area contributed by atoms with E-state index < -0.39 is 18.0 Å². The van der Waals surface area contributed by atoms with Gasteiger partial charge in [-0.05, 0) is 36.8 Å². The van der Waals surface area contributed by atoms with Gasteiger partial charge in [0.15, 0.2) is 17.6 Å². The second kappa shape index (κ2) is 8.23. The molecule has 1 atom stereocenters. The predicted molar refractivity (Wildman–Crippen MR) is 99.5 cm³/mol. The molecule has 2 aromatic rings. The topological polar surface area (TPSA) is 73.9 Å². The standard InChI is InChI=1S/C19H18BrNO5/c1-12(26-18(22)10-13-2-4-14(20)5-3-13)19(23)21-15-6-7-16-17(11-15)25-9-8-24-16/h2-7,11-12H,8-10H2,1H3,(H,21,23)/t12-/m1/s1. The maximum atomic E-state index is 12.2. The summed E-state index contributed by atoms with van der Waals surface area (Å²) < 4.78 is 17.1. The number of carbonyl (C=O) groups excluding carboxylic acids is 2. The van der Waals surface area contributed by atoms with Crippen molar-refractivity contribution in [3.63, 3.8) is 0 Å². The van der Waals surface area contributed by atoms with Crippen molar-refractivity contribution in [1.82, 2.24) is 0 Å². The van der Waals surface area contributed by atoms with Crippen molar-refractivity contribution in [3.8, 4) is 11.5 Å². The number of amides is 1. The van der Waals surface area contributed by atoms with Crippen LogP contribution in [0, 0.1) is 0 Å². The molecule has 0 radical (unpaired) electrons. The number of halogens is 1. The lowest BCUT2D eigenvalue weighted by Crippen LogP contribution is -2.30. The number of ether oxygens (including phenoxy) is 3. The predicted octanol–water partition coefficient (Wildman–Crippen LogP) is 3.33. The van der Waals surface area contributed by atoms with Crippen molar-refractivity contribution in [3.05, 3.63) is 52.5 Å². The van der Waals surface area contributed by atoms with Gasteiger partial charge >= 0.3 is 5.97 Å². The Bertz CT molecular complexity index is 806. The monoisotopic (exact) mass is 419 g/mol. The minimum atomic E-state index is -0.911. The van der Waals surface area contributed by atoms with Gasteiger partial charge in [0.1, 0.15) is 13.2 Å². The van der Waals surface area contributed by atoms with Crippen molar-refractivity contribution in [1.29, 1.82) is 0 Å². The highest BCUT2D eigenvalue weighted by atomic mass is 79.9. The lowest BCUT2D eigenvalue weighted by atomic mass is 10.1. The summed E-state index contributed by atoms with van der Waals surface area (Å²) in [4.78, 5) is 24.3. The zero-order valence-corrected chi connectivity index (χ0v) is 15.7. The van der Waals surface area contributed by atoms with Crippen LogP contribution in [0.4, 0.5) is 5.69 Å². The number of fused-ring (bicyclic) bond motifs is 1. The number of nitrogens with one attached hydrogen (secondary N) is 1. The maximum absolute atomic E-state index is 12.2. The largest absolute Gasteiger partial charge is 0.486 e. The fourth-order valence-electron chi connectivity index (χ4n) is 2.43. The van der Waals surface area contributed by atoms with Crippen LogP contribution in [-0.4, -0.2) is 31.2 Å². The Balaban J connectivity index is 1.54. The highest BCUT2D eigenvalue weighted by Gasteiger charge is 2.19. The summed E-state index contributed by atoms with van der Waals surface area (Å²) in [7, 11) is 0. The van der Waals surface area contributed by atoms with Crippen LogP contribution in [-0.2, 0) is 20.7 Å². The van der Waals surface area contributed by atoms with E-state index in [4.69, 9.17) is 14.2 Å². The van der Waals surface area contributed by atoms with Gasteiger partial charge in [-0.1, -0.05) is 28.1 Å². The Hall–Kier alpha value is -2.54. The molecule has 0 fully saturated rings. The molecule has 26 heavy (non-hydrogen) atoms. The van der Waals surface area contributed by atoms with Crippen LogP contribution >= 0.6 is 15.9 Å². The van der Waals surface area contributed by atoms with E-state index in [1.807, 2.05) is 24.3 Å². The highest BCUT2D eigenvalue weighted by molar-refractivity contribution is 9.10. The van der Waals surface area contributed by atoms with Crippen LogP contribution in [0.5, 0.6) is 11.5 Å². The van der Waals surface area contributed by atoms with E-state index >= 15 is 0 Å². The number of benzene rings is 2. The Labute approximate surface area is 159 Å². The minimum absolute atomic E-state index is 0.106. The lowest BCUT2D eigenvalue weighted by Gasteiger charge is -2.19. The van der Waals surface area contributed by atoms with Crippen molar-refractivity contribution in [2.45, 2.75) is 19.4 Å². The summed E-state index contributed by atoms with van der Waals surface area (Å²) in [5, 5.41) is 2.71. The fraction of sp³-hybridized carbons (Fsp3) is 0.263.